The number of rotatable bonds is 0. The average molecular weight is 225 g/mol. The molecule has 0 N–H and O–H groups in total. The first-order valence-electron chi connectivity index (χ1n) is 6.29. The molecule has 0 amide bonds. The third-order valence-corrected chi connectivity index (χ3v) is 4.67. The molecule has 1 atom stereocenters. The Morgan fingerprint density at radius 1 is 1.06 bits per heavy atom. The van der Waals surface area contributed by atoms with Crippen molar-refractivity contribution in [2.75, 3.05) is 11.9 Å². The Balaban J connectivity index is 2.44. The van der Waals surface area contributed by atoms with Crippen LogP contribution in [-0.4, -0.2) is 12.6 Å². The van der Waals surface area contributed by atoms with Gasteiger partial charge in [-0.2, -0.15) is 0 Å². The number of hydrogen-bond donors (Lipinski definition) is 0. The van der Waals surface area contributed by atoms with Crippen LogP contribution in [0.3, 0.4) is 0 Å². The molecule has 0 bridgehead atoms. The molecule has 1 heterocycles. The zero-order valence-corrected chi connectivity index (χ0v) is 11.0. The molecule has 0 aromatic heterocycles. The number of likely N-dealkylation sites (N-methyl/N-ethyl adjacent to an activating group) is 1. The Morgan fingerprint density at radius 3 is 2.41 bits per heavy atom. The van der Waals surface area contributed by atoms with Gasteiger partial charge in [0.05, 0.1) is 0 Å². The lowest BCUT2D eigenvalue weighted by molar-refractivity contribution is 0.408. The van der Waals surface area contributed by atoms with Crippen molar-refractivity contribution in [3.8, 4) is 0 Å². The molecule has 0 saturated heterocycles. The van der Waals surface area contributed by atoms with E-state index in [2.05, 4.69) is 69.1 Å². The summed E-state index contributed by atoms with van der Waals surface area (Å²) in [4.78, 5) is 2.42. The van der Waals surface area contributed by atoms with E-state index in [1.165, 1.54) is 22.0 Å². The summed E-state index contributed by atoms with van der Waals surface area (Å²) in [5.41, 5.74) is 3.02. The van der Waals surface area contributed by atoms with Crippen molar-refractivity contribution < 1.29 is 0 Å². The molecule has 17 heavy (non-hydrogen) atoms. The molecule has 1 aliphatic heterocycles. The highest BCUT2D eigenvalue weighted by molar-refractivity contribution is 5.99. The van der Waals surface area contributed by atoms with Gasteiger partial charge in [0.1, 0.15) is 0 Å². The lowest BCUT2D eigenvalue weighted by Crippen LogP contribution is -2.47. The van der Waals surface area contributed by atoms with E-state index in [1.807, 2.05) is 0 Å². The molecule has 0 saturated carbocycles. The third-order valence-electron chi connectivity index (χ3n) is 4.67. The molecule has 1 unspecified atom stereocenters. The number of benzene rings is 2. The lowest BCUT2D eigenvalue weighted by Gasteiger charge is -2.47. The highest BCUT2D eigenvalue weighted by Gasteiger charge is 2.37. The van der Waals surface area contributed by atoms with Gasteiger partial charge in [-0.1, -0.05) is 37.3 Å². The summed E-state index contributed by atoms with van der Waals surface area (Å²) in [7, 11) is 2.21. The first-order valence-corrected chi connectivity index (χ1v) is 6.29. The van der Waals surface area contributed by atoms with Crippen LogP contribution in [-0.2, 0) is 0 Å². The van der Waals surface area contributed by atoms with Crippen LogP contribution < -0.4 is 4.90 Å². The maximum Gasteiger partial charge on any atom is 0.0450 e. The molecular formula is C16H19N. The molecule has 2 aromatic rings. The van der Waals surface area contributed by atoms with Crippen molar-refractivity contribution in [3.63, 3.8) is 0 Å². The van der Waals surface area contributed by atoms with E-state index in [0.717, 1.165) is 0 Å². The molecule has 0 radical (unpaired) electrons. The van der Waals surface area contributed by atoms with Gasteiger partial charge < -0.3 is 4.90 Å². The summed E-state index contributed by atoms with van der Waals surface area (Å²) in [5.74, 6) is 0.547. The van der Waals surface area contributed by atoms with Crippen LogP contribution in [0.4, 0.5) is 5.69 Å². The predicted molar refractivity (Wildman–Crippen MR) is 74.8 cm³/mol. The summed E-state index contributed by atoms with van der Waals surface area (Å²) in [5, 5.41) is 2.79. The maximum atomic E-state index is 2.42. The molecule has 2 aromatic carbocycles. The topological polar surface area (TPSA) is 3.24 Å². The van der Waals surface area contributed by atoms with Gasteiger partial charge in [0.15, 0.2) is 0 Å². The SMILES string of the molecule is CC1c2cccc3cccc(c23)N(C)C1(C)C. The number of nitrogens with zero attached hydrogens (tertiary/aromatic N) is 1. The van der Waals surface area contributed by atoms with Crippen molar-refractivity contribution in [1.29, 1.82) is 0 Å². The van der Waals surface area contributed by atoms with E-state index in [0.29, 0.717) is 5.92 Å². The number of anilines is 1. The molecule has 88 valence electrons. The van der Waals surface area contributed by atoms with Crippen molar-refractivity contribution in [3.05, 3.63) is 42.0 Å². The summed E-state index contributed by atoms with van der Waals surface area (Å²) in [6.45, 7) is 6.99. The normalized spacial score (nSPS) is 21.9. The third kappa shape index (κ3) is 1.25. The van der Waals surface area contributed by atoms with Gasteiger partial charge in [0.25, 0.3) is 0 Å². The minimum absolute atomic E-state index is 0.169. The average Bonchev–Trinajstić information content (AvgIpc) is 2.34. The van der Waals surface area contributed by atoms with Gasteiger partial charge in [0.2, 0.25) is 0 Å². The van der Waals surface area contributed by atoms with Gasteiger partial charge in [-0.25, -0.2) is 0 Å². The fraction of sp³-hybridized carbons (Fsp3) is 0.375. The second-order valence-corrected chi connectivity index (χ2v) is 5.66. The smallest absolute Gasteiger partial charge is 0.0450 e. The van der Waals surface area contributed by atoms with Gasteiger partial charge in [-0.05, 0) is 30.9 Å². The standard InChI is InChI=1S/C16H19N/c1-11-13-9-5-7-12-8-6-10-14(15(12)13)17(4)16(11,2)3/h5-11H,1-4H3. The van der Waals surface area contributed by atoms with Crippen LogP contribution in [0.5, 0.6) is 0 Å². The molecular weight excluding hydrogens is 206 g/mol. The van der Waals surface area contributed by atoms with E-state index >= 15 is 0 Å². The van der Waals surface area contributed by atoms with Crippen molar-refractivity contribution >= 4 is 16.5 Å². The molecule has 0 fully saturated rings. The molecule has 0 spiro atoms. The van der Waals surface area contributed by atoms with Gasteiger partial charge in [0, 0.05) is 29.6 Å². The van der Waals surface area contributed by atoms with E-state index in [-0.39, 0.29) is 5.54 Å². The molecule has 0 aliphatic carbocycles. The summed E-state index contributed by atoms with van der Waals surface area (Å²) >= 11 is 0. The van der Waals surface area contributed by atoms with Crippen LogP contribution in [0, 0.1) is 0 Å². The van der Waals surface area contributed by atoms with Crippen LogP contribution >= 0.6 is 0 Å². The summed E-state index contributed by atoms with van der Waals surface area (Å²) in [6, 6.07) is 13.3. The summed E-state index contributed by atoms with van der Waals surface area (Å²) < 4.78 is 0. The maximum absolute atomic E-state index is 2.42. The quantitative estimate of drug-likeness (QED) is 0.650. The van der Waals surface area contributed by atoms with Crippen LogP contribution in [0.15, 0.2) is 36.4 Å². The van der Waals surface area contributed by atoms with E-state index in [1.54, 1.807) is 0 Å². The highest BCUT2D eigenvalue weighted by Crippen LogP contribution is 2.46. The van der Waals surface area contributed by atoms with E-state index in [9.17, 15) is 0 Å². The Morgan fingerprint density at radius 2 is 1.71 bits per heavy atom. The Hall–Kier alpha value is -1.50. The second-order valence-electron chi connectivity index (χ2n) is 5.66. The minimum atomic E-state index is 0.169. The van der Waals surface area contributed by atoms with Crippen LogP contribution in [0.2, 0.25) is 0 Å². The van der Waals surface area contributed by atoms with Crippen molar-refractivity contribution in [2.24, 2.45) is 0 Å². The minimum Gasteiger partial charge on any atom is -0.368 e. The highest BCUT2D eigenvalue weighted by atomic mass is 15.2. The van der Waals surface area contributed by atoms with Crippen molar-refractivity contribution in [2.45, 2.75) is 32.2 Å². The molecule has 1 nitrogen and oxygen atoms in total. The fourth-order valence-electron chi connectivity index (χ4n) is 2.97. The molecule has 3 rings (SSSR count). The first-order chi connectivity index (χ1) is 8.03. The van der Waals surface area contributed by atoms with Crippen molar-refractivity contribution in [1.82, 2.24) is 0 Å². The van der Waals surface area contributed by atoms with Gasteiger partial charge in [-0.3, -0.25) is 0 Å². The molecule has 1 heteroatoms. The Labute approximate surface area is 103 Å². The van der Waals surface area contributed by atoms with Crippen LogP contribution in [0.25, 0.3) is 10.8 Å². The lowest BCUT2D eigenvalue weighted by atomic mass is 9.76. The van der Waals surface area contributed by atoms with Gasteiger partial charge in [-0.15, -0.1) is 0 Å². The number of hydrogen-bond acceptors (Lipinski definition) is 1. The zero-order valence-electron chi connectivity index (χ0n) is 11.0. The van der Waals surface area contributed by atoms with Crippen LogP contribution in [0.1, 0.15) is 32.3 Å². The predicted octanol–water partition coefficient (Wildman–Crippen LogP) is 4.17. The largest absolute Gasteiger partial charge is 0.368 e. The summed E-state index contributed by atoms with van der Waals surface area (Å²) in [6.07, 6.45) is 0. The zero-order chi connectivity index (χ0) is 12.2. The van der Waals surface area contributed by atoms with E-state index < -0.39 is 0 Å². The monoisotopic (exact) mass is 225 g/mol. The fourth-order valence-corrected chi connectivity index (χ4v) is 2.97. The second kappa shape index (κ2) is 3.25. The van der Waals surface area contributed by atoms with E-state index in [4.69, 9.17) is 0 Å². The Bertz CT molecular complexity index is 536. The Kier molecular flexibility index (Phi) is 2.04. The van der Waals surface area contributed by atoms with Gasteiger partial charge >= 0.3 is 0 Å². The first kappa shape index (κ1) is 10.6. The molecule has 1 aliphatic rings.